The third-order valence-electron chi connectivity index (χ3n) is 5.68. The highest BCUT2D eigenvalue weighted by Gasteiger charge is 2.25. The van der Waals surface area contributed by atoms with Gasteiger partial charge in [0.25, 0.3) is 5.91 Å². The van der Waals surface area contributed by atoms with Gasteiger partial charge in [0.05, 0.1) is 26.2 Å². The Bertz CT molecular complexity index is 852. The Hall–Kier alpha value is -2.31. The highest BCUT2D eigenvalue weighted by Crippen LogP contribution is 2.19. The summed E-state index contributed by atoms with van der Waals surface area (Å²) in [7, 11) is 0. The van der Waals surface area contributed by atoms with Gasteiger partial charge >= 0.3 is 0 Å². The van der Waals surface area contributed by atoms with E-state index in [1.165, 1.54) is 4.90 Å². The van der Waals surface area contributed by atoms with Gasteiger partial charge in [-0.25, -0.2) is 0 Å². The third-order valence-corrected chi connectivity index (χ3v) is 5.92. The van der Waals surface area contributed by atoms with Gasteiger partial charge in [-0.3, -0.25) is 9.59 Å². The van der Waals surface area contributed by atoms with Crippen LogP contribution in [-0.4, -0.2) is 67.4 Å². The lowest BCUT2D eigenvalue weighted by Crippen LogP contribution is -3.15. The van der Waals surface area contributed by atoms with Crippen LogP contribution in [0.3, 0.4) is 0 Å². The average molecular weight is 402 g/mol. The third kappa shape index (κ3) is 4.23. The molecule has 0 radical (unpaired) electrons. The van der Waals surface area contributed by atoms with E-state index in [1.54, 1.807) is 12.3 Å². The van der Waals surface area contributed by atoms with Crippen molar-refractivity contribution in [3.8, 4) is 0 Å². The van der Waals surface area contributed by atoms with Crippen LogP contribution in [0.4, 0.5) is 5.69 Å². The number of hydrogen-bond acceptors (Lipinski definition) is 3. The molecule has 3 heterocycles. The molecule has 0 atom stereocenters. The van der Waals surface area contributed by atoms with Crippen LogP contribution in [0.1, 0.15) is 33.7 Å². The molecule has 1 aromatic heterocycles. The lowest BCUT2D eigenvalue weighted by Gasteiger charge is -2.33. The van der Waals surface area contributed by atoms with E-state index in [1.807, 2.05) is 23.1 Å². The Kier molecular flexibility index (Phi) is 5.69. The van der Waals surface area contributed by atoms with E-state index in [4.69, 9.17) is 11.6 Å². The number of aromatic amines is 1. The van der Waals surface area contributed by atoms with Gasteiger partial charge in [0.1, 0.15) is 12.2 Å². The van der Waals surface area contributed by atoms with Crippen LogP contribution in [0.5, 0.6) is 0 Å². The zero-order valence-electron chi connectivity index (χ0n) is 15.9. The van der Waals surface area contributed by atoms with Crippen molar-refractivity contribution in [2.45, 2.75) is 12.8 Å². The van der Waals surface area contributed by atoms with E-state index in [9.17, 15) is 9.59 Å². The number of carbonyl (C=O) groups is 2. The Morgan fingerprint density at radius 3 is 2.54 bits per heavy atom. The second kappa shape index (κ2) is 8.37. The monoisotopic (exact) mass is 401 g/mol. The smallest absolute Gasteiger partial charge is 0.270 e. The maximum absolute atomic E-state index is 12.7. The number of likely N-dealkylation sites (tertiary alicyclic amines) is 1. The minimum Gasteiger partial charge on any atom is -0.360 e. The van der Waals surface area contributed by atoms with Crippen LogP contribution < -0.4 is 9.80 Å². The molecule has 1 aromatic carbocycles. The second-order valence-corrected chi connectivity index (χ2v) is 8.05. The summed E-state index contributed by atoms with van der Waals surface area (Å²) in [5.74, 6) is 0.0851. The van der Waals surface area contributed by atoms with Crippen molar-refractivity contribution < 1.29 is 14.5 Å². The summed E-state index contributed by atoms with van der Waals surface area (Å²) in [6.45, 7) is 5.68. The molecule has 7 heteroatoms. The predicted molar refractivity (Wildman–Crippen MR) is 109 cm³/mol. The zero-order valence-corrected chi connectivity index (χ0v) is 16.7. The standard InChI is InChI=1S/C21H25ClN4O2/c22-17-4-3-5-18(13-17)25-10-8-24(9-11-25)15-20(27)16-12-19(23-14-16)21(28)26-6-1-2-7-26/h3-5,12-14,23H,1-2,6-11,15H2/p+1. The molecule has 0 bridgehead atoms. The molecule has 2 aliphatic rings. The van der Waals surface area contributed by atoms with E-state index in [0.717, 1.165) is 62.8 Å². The molecular weight excluding hydrogens is 376 g/mol. The van der Waals surface area contributed by atoms with Crippen LogP contribution in [0.2, 0.25) is 5.02 Å². The number of piperazine rings is 1. The molecule has 0 spiro atoms. The molecule has 2 N–H and O–H groups in total. The van der Waals surface area contributed by atoms with Crippen molar-refractivity contribution in [1.82, 2.24) is 9.88 Å². The number of nitrogens with zero attached hydrogens (tertiary/aromatic N) is 2. The number of hydrogen-bond donors (Lipinski definition) is 2. The number of aromatic nitrogens is 1. The summed E-state index contributed by atoms with van der Waals surface area (Å²) in [4.78, 5) is 33.5. The Labute approximate surface area is 170 Å². The summed E-state index contributed by atoms with van der Waals surface area (Å²) in [5, 5.41) is 0.745. The first-order valence-electron chi connectivity index (χ1n) is 9.95. The summed E-state index contributed by atoms with van der Waals surface area (Å²) < 4.78 is 0. The first kappa shape index (κ1) is 19.0. The molecule has 0 saturated carbocycles. The number of rotatable bonds is 5. The van der Waals surface area contributed by atoms with Gasteiger partial charge in [-0.2, -0.15) is 0 Å². The summed E-state index contributed by atoms with van der Waals surface area (Å²) in [6.07, 6.45) is 3.79. The van der Waals surface area contributed by atoms with E-state index in [0.29, 0.717) is 17.8 Å². The van der Waals surface area contributed by atoms with Crippen molar-refractivity contribution in [3.63, 3.8) is 0 Å². The normalized spacial score (nSPS) is 17.9. The molecule has 2 fully saturated rings. The lowest BCUT2D eigenvalue weighted by molar-refractivity contribution is -0.892. The average Bonchev–Trinajstić information content (AvgIpc) is 3.40. The number of Topliss-reactive ketones (excluding diaryl/α,β-unsaturated/α-hetero) is 1. The zero-order chi connectivity index (χ0) is 19.5. The molecule has 0 aliphatic carbocycles. The van der Waals surface area contributed by atoms with Crippen LogP contribution in [0.25, 0.3) is 0 Å². The molecule has 6 nitrogen and oxygen atoms in total. The maximum atomic E-state index is 12.7. The molecule has 2 aliphatic heterocycles. The molecule has 0 unspecified atom stereocenters. The Morgan fingerprint density at radius 2 is 1.82 bits per heavy atom. The van der Waals surface area contributed by atoms with Crippen LogP contribution in [0.15, 0.2) is 36.5 Å². The van der Waals surface area contributed by atoms with E-state index in [-0.39, 0.29) is 11.7 Å². The Balaban J connectivity index is 1.30. The first-order chi connectivity index (χ1) is 13.6. The number of quaternary nitrogens is 1. The van der Waals surface area contributed by atoms with Gasteiger partial charge in [-0.1, -0.05) is 17.7 Å². The number of nitrogens with one attached hydrogen (secondary N) is 2. The van der Waals surface area contributed by atoms with E-state index in [2.05, 4.69) is 16.0 Å². The number of ketones is 1. The number of carbonyl (C=O) groups excluding carboxylic acids is 2. The number of benzene rings is 1. The fourth-order valence-electron chi connectivity index (χ4n) is 4.03. The first-order valence-corrected chi connectivity index (χ1v) is 10.3. The number of anilines is 1. The number of halogens is 1. The minimum absolute atomic E-state index is 0.000895. The quantitative estimate of drug-likeness (QED) is 0.746. The predicted octanol–water partition coefficient (Wildman–Crippen LogP) is 1.49. The van der Waals surface area contributed by atoms with Crippen molar-refractivity contribution in [2.24, 2.45) is 0 Å². The summed E-state index contributed by atoms with van der Waals surface area (Å²) >= 11 is 6.09. The second-order valence-electron chi connectivity index (χ2n) is 7.62. The SMILES string of the molecule is O=C(C[NH+]1CCN(c2cccc(Cl)c2)CC1)c1c[nH]c(C(=O)N2CCCC2)c1. The van der Waals surface area contributed by atoms with Crippen molar-refractivity contribution in [3.05, 3.63) is 52.8 Å². The topological polar surface area (TPSA) is 60.9 Å². The van der Waals surface area contributed by atoms with Crippen molar-refractivity contribution >= 4 is 29.0 Å². The fourth-order valence-corrected chi connectivity index (χ4v) is 4.21. The van der Waals surface area contributed by atoms with Crippen LogP contribution >= 0.6 is 11.6 Å². The molecule has 28 heavy (non-hydrogen) atoms. The molecule has 4 rings (SSSR count). The molecule has 148 valence electrons. The minimum atomic E-state index is -0.000895. The fraction of sp³-hybridized carbons (Fsp3) is 0.429. The molecular formula is C21H26ClN4O2+. The van der Waals surface area contributed by atoms with Gasteiger partial charge < -0.3 is 19.7 Å². The number of amides is 1. The highest BCUT2D eigenvalue weighted by molar-refractivity contribution is 6.30. The number of H-pyrrole nitrogens is 1. The van der Waals surface area contributed by atoms with Crippen LogP contribution in [0, 0.1) is 0 Å². The largest absolute Gasteiger partial charge is 0.360 e. The molecule has 2 aromatic rings. The van der Waals surface area contributed by atoms with E-state index >= 15 is 0 Å². The van der Waals surface area contributed by atoms with Crippen molar-refractivity contribution in [2.75, 3.05) is 50.7 Å². The molecule has 1 amide bonds. The summed E-state index contributed by atoms with van der Waals surface area (Å²) in [6, 6.07) is 9.61. The summed E-state index contributed by atoms with van der Waals surface area (Å²) in [5.41, 5.74) is 2.26. The molecule has 2 saturated heterocycles. The van der Waals surface area contributed by atoms with Gasteiger partial charge in [-0.15, -0.1) is 0 Å². The highest BCUT2D eigenvalue weighted by atomic mass is 35.5. The van der Waals surface area contributed by atoms with Gasteiger partial charge in [0.2, 0.25) is 5.78 Å². The van der Waals surface area contributed by atoms with Gasteiger partial charge in [0, 0.05) is 35.6 Å². The van der Waals surface area contributed by atoms with Gasteiger partial charge in [0.15, 0.2) is 0 Å². The van der Waals surface area contributed by atoms with Crippen molar-refractivity contribution in [1.29, 1.82) is 0 Å². The maximum Gasteiger partial charge on any atom is 0.270 e. The van der Waals surface area contributed by atoms with Gasteiger partial charge in [-0.05, 0) is 37.1 Å². The van der Waals surface area contributed by atoms with E-state index < -0.39 is 0 Å². The van der Waals surface area contributed by atoms with Crippen LogP contribution in [-0.2, 0) is 0 Å². The lowest BCUT2D eigenvalue weighted by atomic mass is 10.1. The Morgan fingerprint density at radius 1 is 1.07 bits per heavy atom.